The predicted molar refractivity (Wildman–Crippen MR) is 60.5 cm³/mol. The van der Waals surface area contributed by atoms with E-state index in [4.69, 9.17) is 0 Å². The summed E-state index contributed by atoms with van der Waals surface area (Å²) in [6, 6.07) is 1.50. The van der Waals surface area contributed by atoms with E-state index < -0.39 is 0 Å². The van der Waals surface area contributed by atoms with E-state index in [1.54, 1.807) is 0 Å². The lowest BCUT2D eigenvalue weighted by Crippen LogP contribution is -2.57. The minimum Gasteiger partial charge on any atom is -0.310 e. The van der Waals surface area contributed by atoms with E-state index in [0.29, 0.717) is 6.04 Å². The van der Waals surface area contributed by atoms with Crippen LogP contribution in [0.2, 0.25) is 0 Å². The minimum atomic E-state index is 0.713. The number of nitrogens with zero attached hydrogens (tertiary/aromatic N) is 1. The molecule has 3 heterocycles. The highest BCUT2D eigenvalue weighted by Crippen LogP contribution is 2.27. The molecule has 2 nitrogen and oxygen atoms in total. The molecule has 1 N–H and O–H groups in total. The Balaban J connectivity index is 1.80. The van der Waals surface area contributed by atoms with Crippen molar-refractivity contribution in [2.75, 3.05) is 19.6 Å². The molecule has 0 amide bonds. The summed E-state index contributed by atoms with van der Waals surface area (Å²) in [7, 11) is 0. The maximum Gasteiger partial charge on any atom is 0.0226 e. The van der Waals surface area contributed by atoms with Gasteiger partial charge in [0.1, 0.15) is 0 Å². The van der Waals surface area contributed by atoms with Crippen LogP contribution in [0.4, 0.5) is 0 Å². The van der Waals surface area contributed by atoms with E-state index in [-0.39, 0.29) is 0 Å². The number of nitrogens with one attached hydrogen (secondary N) is 1. The van der Waals surface area contributed by atoms with Crippen LogP contribution in [0.1, 0.15) is 39.5 Å². The molecule has 2 bridgehead atoms. The molecular weight excluding hydrogens is 172 g/mol. The molecular formula is C12H24N2. The van der Waals surface area contributed by atoms with Gasteiger partial charge in [-0.3, -0.25) is 0 Å². The van der Waals surface area contributed by atoms with Crippen LogP contribution in [0, 0.1) is 5.92 Å². The van der Waals surface area contributed by atoms with Gasteiger partial charge in [0.2, 0.25) is 0 Å². The molecule has 2 atom stereocenters. The third-order valence-electron chi connectivity index (χ3n) is 3.88. The summed E-state index contributed by atoms with van der Waals surface area (Å²) in [4.78, 5) is 2.62. The Morgan fingerprint density at radius 2 is 2.07 bits per heavy atom. The van der Waals surface area contributed by atoms with Gasteiger partial charge in [-0.2, -0.15) is 0 Å². The molecule has 0 aromatic carbocycles. The number of hydrogen-bond acceptors (Lipinski definition) is 2. The van der Waals surface area contributed by atoms with Gasteiger partial charge in [-0.25, -0.2) is 0 Å². The van der Waals surface area contributed by atoms with Gasteiger partial charge in [-0.05, 0) is 45.2 Å². The fourth-order valence-electron chi connectivity index (χ4n) is 3.04. The van der Waals surface area contributed by atoms with E-state index in [1.165, 1.54) is 45.3 Å². The Kier molecular flexibility index (Phi) is 3.45. The van der Waals surface area contributed by atoms with Crippen molar-refractivity contribution in [1.82, 2.24) is 10.2 Å². The lowest BCUT2D eigenvalue weighted by molar-refractivity contribution is 0.0675. The molecule has 0 aromatic heterocycles. The Labute approximate surface area is 88.1 Å². The van der Waals surface area contributed by atoms with E-state index in [9.17, 15) is 0 Å². The lowest BCUT2D eigenvalue weighted by Gasteiger charge is -2.46. The summed E-state index contributed by atoms with van der Waals surface area (Å²) < 4.78 is 0. The van der Waals surface area contributed by atoms with Crippen LogP contribution in [0.3, 0.4) is 0 Å². The molecule has 3 rings (SSSR count). The first-order chi connectivity index (χ1) is 6.79. The summed E-state index contributed by atoms with van der Waals surface area (Å²) >= 11 is 0. The van der Waals surface area contributed by atoms with Crippen molar-refractivity contribution in [2.45, 2.75) is 51.6 Å². The maximum atomic E-state index is 3.81. The standard InChI is InChI=1S/C12H24N2/c1-3-4-10(2)13-12-9-14-7-5-11(12)6-8-14/h10-13H,3-9H2,1-2H3. The van der Waals surface area contributed by atoms with Gasteiger partial charge in [0, 0.05) is 18.6 Å². The average Bonchev–Trinajstić information content (AvgIpc) is 2.19. The Morgan fingerprint density at radius 3 is 2.57 bits per heavy atom. The lowest BCUT2D eigenvalue weighted by atomic mass is 9.83. The molecule has 0 radical (unpaired) electrons. The Hall–Kier alpha value is -0.0800. The first kappa shape index (κ1) is 10.4. The van der Waals surface area contributed by atoms with Crippen molar-refractivity contribution in [3.8, 4) is 0 Å². The van der Waals surface area contributed by atoms with Crippen LogP contribution in [0.15, 0.2) is 0 Å². The van der Waals surface area contributed by atoms with Crippen LogP contribution in [-0.2, 0) is 0 Å². The van der Waals surface area contributed by atoms with Gasteiger partial charge in [0.05, 0.1) is 0 Å². The van der Waals surface area contributed by atoms with Crippen molar-refractivity contribution in [3.05, 3.63) is 0 Å². The SMILES string of the molecule is CCCC(C)NC1CN2CCC1CC2. The fourth-order valence-corrected chi connectivity index (χ4v) is 3.04. The molecule has 0 aliphatic carbocycles. The molecule has 0 saturated carbocycles. The molecule has 3 aliphatic heterocycles. The predicted octanol–water partition coefficient (Wildman–Crippen LogP) is 1.86. The number of hydrogen-bond donors (Lipinski definition) is 1. The number of piperidine rings is 3. The van der Waals surface area contributed by atoms with Crippen LogP contribution < -0.4 is 5.32 Å². The second-order valence-electron chi connectivity index (χ2n) is 5.10. The Bertz CT molecular complexity index is 173. The summed E-state index contributed by atoms with van der Waals surface area (Å²) in [6.45, 7) is 8.62. The van der Waals surface area contributed by atoms with Crippen molar-refractivity contribution in [3.63, 3.8) is 0 Å². The monoisotopic (exact) mass is 196 g/mol. The summed E-state index contributed by atoms with van der Waals surface area (Å²) in [5.41, 5.74) is 0. The van der Waals surface area contributed by atoms with Gasteiger partial charge in [-0.15, -0.1) is 0 Å². The van der Waals surface area contributed by atoms with Gasteiger partial charge in [-0.1, -0.05) is 13.3 Å². The fraction of sp³-hybridized carbons (Fsp3) is 1.00. The highest BCUT2D eigenvalue weighted by molar-refractivity contribution is 4.91. The maximum absolute atomic E-state index is 3.81. The van der Waals surface area contributed by atoms with Crippen molar-refractivity contribution < 1.29 is 0 Å². The molecule has 3 fully saturated rings. The van der Waals surface area contributed by atoms with Gasteiger partial charge >= 0.3 is 0 Å². The van der Waals surface area contributed by atoms with E-state index in [1.807, 2.05) is 0 Å². The smallest absolute Gasteiger partial charge is 0.0226 e. The molecule has 0 spiro atoms. The third-order valence-corrected chi connectivity index (χ3v) is 3.88. The average molecular weight is 196 g/mol. The zero-order valence-corrected chi connectivity index (χ0v) is 9.63. The number of fused-ring (bicyclic) bond motifs is 3. The normalized spacial score (nSPS) is 38.6. The highest BCUT2D eigenvalue weighted by Gasteiger charge is 2.34. The molecule has 0 aromatic rings. The third kappa shape index (κ3) is 2.29. The van der Waals surface area contributed by atoms with Crippen molar-refractivity contribution >= 4 is 0 Å². The number of rotatable bonds is 4. The zero-order chi connectivity index (χ0) is 9.97. The molecule has 82 valence electrons. The van der Waals surface area contributed by atoms with Crippen LogP contribution in [-0.4, -0.2) is 36.6 Å². The van der Waals surface area contributed by atoms with E-state index in [2.05, 4.69) is 24.1 Å². The van der Waals surface area contributed by atoms with Crippen LogP contribution in [0.5, 0.6) is 0 Å². The molecule has 3 aliphatic rings. The second-order valence-corrected chi connectivity index (χ2v) is 5.10. The first-order valence-corrected chi connectivity index (χ1v) is 6.28. The van der Waals surface area contributed by atoms with Gasteiger partial charge in [0.15, 0.2) is 0 Å². The minimum absolute atomic E-state index is 0.713. The zero-order valence-electron chi connectivity index (χ0n) is 9.63. The first-order valence-electron chi connectivity index (χ1n) is 6.28. The Morgan fingerprint density at radius 1 is 1.36 bits per heavy atom. The molecule has 2 heteroatoms. The second kappa shape index (κ2) is 4.63. The van der Waals surface area contributed by atoms with Gasteiger partial charge in [0.25, 0.3) is 0 Å². The topological polar surface area (TPSA) is 15.3 Å². The van der Waals surface area contributed by atoms with E-state index >= 15 is 0 Å². The van der Waals surface area contributed by atoms with Crippen molar-refractivity contribution in [2.24, 2.45) is 5.92 Å². The molecule has 3 saturated heterocycles. The van der Waals surface area contributed by atoms with Gasteiger partial charge < -0.3 is 10.2 Å². The summed E-state index contributed by atoms with van der Waals surface area (Å²) in [5, 5.41) is 3.81. The van der Waals surface area contributed by atoms with E-state index in [0.717, 1.165) is 12.0 Å². The summed E-state index contributed by atoms with van der Waals surface area (Å²) in [5.74, 6) is 0.972. The largest absolute Gasteiger partial charge is 0.310 e. The van der Waals surface area contributed by atoms with Crippen LogP contribution >= 0.6 is 0 Å². The molecule has 2 unspecified atom stereocenters. The molecule has 14 heavy (non-hydrogen) atoms. The van der Waals surface area contributed by atoms with Crippen molar-refractivity contribution in [1.29, 1.82) is 0 Å². The highest BCUT2D eigenvalue weighted by atomic mass is 15.2. The van der Waals surface area contributed by atoms with Crippen LogP contribution in [0.25, 0.3) is 0 Å². The quantitative estimate of drug-likeness (QED) is 0.738. The summed E-state index contributed by atoms with van der Waals surface area (Å²) in [6.07, 6.45) is 5.48.